The highest BCUT2D eigenvalue weighted by Crippen LogP contribution is 2.21. The number of anilines is 1. The van der Waals surface area contributed by atoms with Crippen LogP contribution in [-0.4, -0.2) is 16.2 Å². The molecular formula is C16H26N4. The molecule has 20 heavy (non-hydrogen) atoms. The first-order valence-electron chi connectivity index (χ1n) is 7.72. The smallest absolute Gasteiger partial charge is 0.167 e. The summed E-state index contributed by atoms with van der Waals surface area (Å²) in [7, 11) is 0. The zero-order valence-electron chi connectivity index (χ0n) is 13.2. The lowest BCUT2D eigenvalue weighted by Gasteiger charge is -2.17. The molecule has 0 aliphatic carbocycles. The van der Waals surface area contributed by atoms with Gasteiger partial charge < -0.3 is 5.32 Å². The van der Waals surface area contributed by atoms with Crippen LogP contribution in [0.1, 0.15) is 70.2 Å². The van der Waals surface area contributed by atoms with E-state index in [1.54, 1.807) is 0 Å². The molecule has 0 aromatic carbocycles. The van der Waals surface area contributed by atoms with Crippen LogP contribution in [0.4, 0.5) is 5.82 Å². The maximum Gasteiger partial charge on any atom is 0.167 e. The summed E-state index contributed by atoms with van der Waals surface area (Å²) < 4.78 is 0. The Morgan fingerprint density at radius 2 is 1.90 bits per heavy atom. The van der Waals surface area contributed by atoms with Crippen molar-refractivity contribution in [1.82, 2.24) is 10.2 Å². The van der Waals surface area contributed by atoms with Crippen LogP contribution in [0.2, 0.25) is 0 Å². The molecule has 0 fully saturated rings. The molecule has 1 atom stereocenters. The van der Waals surface area contributed by atoms with E-state index < -0.39 is 0 Å². The highest BCUT2D eigenvalue weighted by molar-refractivity contribution is 5.56. The van der Waals surface area contributed by atoms with E-state index in [9.17, 15) is 5.26 Å². The van der Waals surface area contributed by atoms with Gasteiger partial charge in [-0.2, -0.15) is 10.4 Å². The van der Waals surface area contributed by atoms with E-state index in [0.717, 1.165) is 30.5 Å². The van der Waals surface area contributed by atoms with Gasteiger partial charge in [0.2, 0.25) is 0 Å². The van der Waals surface area contributed by atoms with E-state index in [2.05, 4.69) is 42.4 Å². The molecule has 1 unspecified atom stereocenters. The number of unbranched alkanes of at least 4 members (excludes halogenated alkanes) is 2. The molecule has 1 aromatic rings. The van der Waals surface area contributed by atoms with Gasteiger partial charge in [0.15, 0.2) is 5.82 Å². The van der Waals surface area contributed by atoms with E-state index in [-0.39, 0.29) is 0 Å². The fourth-order valence-corrected chi connectivity index (χ4v) is 2.40. The molecule has 0 radical (unpaired) electrons. The third-order valence-electron chi connectivity index (χ3n) is 3.58. The standard InChI is InChI=1S/C16H26N4/c1-5-8-9-10-12(4)18-16-14(11-17)13(6-2)15(7-3)19-20-16/h12H,5-10H2,1-4H3,(H,18,20). The number of nitrogens with zero attached hydrogens (tertiary/aromatic N) is 3. The average Bonchev–Trinajstić information content (AvgIpc) is 2.46. The van der Waals surface area contributed by atoms with Crippen LogP contribution in [0.3, 0.4) is 0 Å². The molecule has 1 N–H and O–H groups in total. The molecule has 4 nitrogen and oxygen atoms in total. The molecule has 0 amide bonds. The normalized spacial score (nSPS) is 11.9. The number of hydrogen-bond acceptors (Lipinski definition) is 4. The summed E-state index contributed by atoms with van der Waals surface area (Å²) in [6.45, 7) is 8.45. The third-order valence-corrected chi connectivity index (χ3v) is 3.58. The number of rotatable bonds is 8. The number of aryl methyl sites for hydroxylation is 1. The summed E-state index contributed by atoms with van der Waals surface area (Å²) in [6.07, 6.45) is 6.40. The lowest BCUT2D eigenvalue weighted by atomic mass is 10.0. The largest absolute Gasteiger partial charge is 0.365 e. The molecule has 1 rings (SSSR count). The Hall–Kier alpha value is -1.63. The Morgan fingerprint density at radius 3 is 2.45 bits per heavy atom. The average molecular weight is 274 g/mol. The summed E-state index contributed by atoms with van der Waals surface area (Å²) in [5.41, 5.74) is 2.64. The van der Waals surface area contributed by atoms with Gasteiger partial charge in [-0.25, -0.2) is 0 Å². The molecule has 4 heteroatoms. The zero-order valence-corrected chi connectivity index (χ0v) is 13.2. The molecule has 0 saturated carbocycles. The van der Waals surface area contributed by atoms with E-state index >= 15 is 0 Å². The topological polar surface area (TPSA) is 61.6 Å². The van der Waals surface area contributed by atoms with E-state index in [0.29, 0.717) is 17.4 Å². The molecule has 0 bridgehead atoms. The van der Waals surface area contributed by atoms with Crippen LogP contribution in [0.5, 0.6) is 0 Å². The second kappa shape index (κ2) is 8.52. The van der Waals surface area contributed by atoms with Gasteiger partial charge in [0.25, 0.3) is 0 Å². The van der Waals surface area contributed by atoms with Crippen molar-refractivity contribution in [2.75, 3.05) is 5.32 Å². The maximum atomic E-state index is 9.42. The maximum absolute atomic E-state index is 9.42. The lowest BCUT2D eigenvalue weighted by Crippen LogP contribution is -2.18. The molecule has 1 heterocycles. The van der Waals surface area contributed by atoms with Gasteiger partial charge in [-0.15, -0.1) is 5.10 Å². The number of nitrogens with one attached hydrogen (secondary N) is 1. The van der Waals surface area contributed by atoms with Gasteiger partial charge in [0.05, 0.1) is 5.69 Å². The first-order valence-corrected chi connectivity index (χ1v) is 7.72. The second-order valence-electron chi connectivity index (χ2n) is 5.21. The lowest BCUT2D eigenvalue weighted by molar-refractivity contribution is 0.612. The van der Waals surface area contributed by atoms with Gasteiger partial charge in [0, 0.05) is 6.04 Å². The highest BCUT2D eigenvalue weighted by Gasteiger charge is 2.15. The predicted molar refractivity (Wildman–Crippen MR) is 82.7 cm³/mol. The van der Waals surface area contributed by atoms with Gasteiger partial charge in [0.1, 0.15) is 11.6 Å². The molecule has 1 aromatic heterocycles. The fourth-order valence-electron chi connectivity index (χ4n) is 2.40. The van der Waals surface area contributed by atoms with Crippen molar-refractivity contribution in [3.05, 3.63) is 16.8 Å². The van der Waals surface area contributed by atoms with E-state index in [4.69, 9.17) is 0 Å². The minimum atomic E-state index is 0.320. The Kier molecular flexibility index (Phi) is 7.00. The van der Waals surface area contributed by atoms with Crippen molar-refractivity contribution >= 4 is 5.82 Å². The van der Waals surface area contributed by atoms with Crippen LogP contribution in [0.15, 0.2) is 0 Å². The predicted octanol–water partition coefficient (Wildman–Crippen LogP) is 3.85. The molecule has 0 spiro atoms. The Bertz CT molecular complexity index is 462. The van der Waals surface area contributed by atoms with E-state index in [1.165, 1.54) is 19.3 Å². The Labute approximate surface area is 122 Å². The SMILES string of the molecule is CCCCCC(C)Nc1nnc(CC)c(CC)c1C#N. The summed E-state index contributed by atoms with van der Waals surface area (Å²) >= 11 is 0. The molecule has 0 aliphatic rings. The third kappa shape index (κ3) is 4.19. The summed E-state index contributed by atoms with van der Waals surface area (Å²) in [5, 5.41) is 21.2. The quantitative estimate of drug-likeness (QED) is 0.731. The van der Waals surface area contributed by atoms with Crippen molar-refractivity contribution in [1.29, 1.82) is 5.26 Å². The fraction of sp³-hybridized carbons (Fsp3) is 0.688. The summed E-state index contributed by atoms with van der Waals surface area (Å²) in [5.74, 6) is 0.644. The van der Waals surface area contributed by atoms with Crippen molar-refractivity contribution in [3.8, 4) is 6.07 Å². The van der Waals surface area contributed by atoms with Crippen LogP contribution in [0, 0.1) is 11.3 Å². The van der Waals surface area contributed by atoms with Crippen molar-refractivity contribution < 1.29 is 0 Å². The van der Waals surface area contributed by atoms with Crippen LogP contribution < -0.4 is 5.32 Å². The second-order valence-corrected chi connectivity index (χ2v) is 5.21. The van der Waals surface area contributed by atoms with Crippen molar-refractivity contribution in [2.45, 2.75) is 72.3 Å². The molecule has 0 aliphatic heterocycles. The monoisotopic (exact) mass is 274 g/mol. The Morgan fingerprint density at radius 1 is 1.15 bits per heavy atom. The van der Waals surface area contributed by atoms with Gasteiger partial charge in [-0.3, -0.25) is 0 Å². The van der Waals surface area contributed by atoms with Crippen LogP contribution in [0.25, 0.3) is 0 Å². The van der Waals surface area contributed by atoms with Gasteiger partial charge >= 0.3 is 0 Å². The van der Waals surface area contributed by atoms with Crippen molar-refractivity contribution in [3.63, 3.8) is 0 Å². The molecule has 0 saturated heterocycles. The van der Waals surface area contributed by atoms with Crippen molar-refractivity contribution in [2.24, 2.45) is 0 Å². The number of nitriles is 1. The van der Waals surface area contributed by atoms with E-state index in [1.807, 2.05) is 6.92 Å². The number of aromatic nitrogens is 2. The Balaban J connectivity index is 2.87. The summed E-state index contributed by atoms with van der Waals surface area (Å²) in [4.78, 5) is 0. The van der Waals surface area contributed by atoms with Gasteiger partial charge in [-0.1, -0.05) is 40.0 Å². The first kappa shape index (κ1) is 16.4. The minimum Gasteiger partial charge on any atom is -0.365 e. The molecule has 110 valence electrons. The number of hydrogen-bond donors (Lipinski definition) is 1. The molecular weight excluding hydrogens is 248 g/mol. The summed E-state index contributed by atoms with van der Waals surface area (Å²) in [6, 6.07) is 2.62. The van der Waals surface area contributed by atoms with Crippen LogP contribution >= 0.6 is 0 Å². The van der Waals surface area contributed by atoms with Gasteiger partial charge in [-0.05, 0) is 31.7 Å². The first-order chi connectivity index (χ1) is 9.67. The minimum absolute atomic E-state index is 0.320. The highest BCUT2D eigenvalue weighted by atomic mass is 15.2. The van der Waals surface area contributed by atoms with Crippen LogP contribution in [-0.2, 0) is 12.8 Å². The zero-order chi connectivity index (χ0) is 15.0.